The second-order valence-corrected chi connectivity index (χ2v) is 7.68. The van der Waals surface area contributed by atoms with Crippen LogP contribution in [0.5, 0.6) is 0 Å². The zero-order valence-corrected chi connectivity index (χ0v) is 18.3. The Morgan fingerprint density at radius 3 is 2.60 bits per heavy atom. The molecule has 0 aliphatic carbocycles. The molecule has 0 unspecified atom stereocenters. The molecule has 0 aliphatic heterocycles. The van der Waals surface area contributed by atoms with Crippen LogP contribution in [0.25, 0.3) is 28.7 Å². The molecule has 3 aromatic rings. The molecule has 0 amide bonds. The Labute approximate surface area is 187 Å². The predicted octanol–water partition coefficient (Wildman–Crippen LogP) is 6.74. The highest BCUT2D eigenvalue weighted by atomic mass is 35.5. The van der Waals surface area contributed by atoms with Crippen LogP contribution in [0, 0.1) is 0 Å². The third-order valence-corrected chi connectivity index (χ3v) is 5.69. The lowest BCUT2D eigenvalue weighted by molar-refractivity contribution is -0.133. The van der Waals surface area contributed by atoms with Crippen molar-refractivity contribution in [2.24, 2.45) is 0 Å². The normalized spacial score (nSPS) is 12.0. The zero-order chi connectivity index (χ0) is 21.7. The van der Waals surface area contributed by atoms with Crippen LogP contribution in [0.15, 0.2) is 54.1 Å². The molecule has 4 nitrogen and oxygen atoms in total. The van der Waals surface area contributed by atoms with Crippen LogP contribution in [0.2, 0.25) is 10.0 Å². The molecule has 0 atom stereocenters. The molecular formula is C22H16Cl2FNO3S. The average Bonchev–Trinajstić information content (AvgIpc) is 3.24. The van der Waals surface area contributed by atoms with Gasteiger partial charge in [-0.1, -0.05) is 53.5 Å². The van der Waals surface area contributed by atoms with Gasteiger partial charge in [0.15, 0.2) is 10.8 Å². The Kier molecular flexibility index (Phi) is 7.26. The number of ether oxygens (including phenoxy) is 2. The number of hydrogen-bond acceptors (Lipinski definition) is 5. The van der Waals surface area contributed by atoms with E-state index < -0.39 is 11.8 Å². The van der Waals surface area contributed by atoms with E-state index in [1.807, 2.05) is 0 Å². The van der Waals surface area contributed by atoms with Crippen LogP contribution in [0.1, 0.15) is 16.1 Å². The van der Waals surface area contributed by atoms with E-state index in [0.717, 1.165) is 16.9 Å². The fraction of sp³-hybridized carbons (Fsp3) is 0.0909. The van der Waals surface area contributed by atoms with Crippen LogP contribution in [-0.2, 0) is 14.3 Å². The number of thiazole rings is 1. The minimum absolute atomic E-state index is 0.176. The summed E-state index contributed by atoms with van der Waals surface area (Å²) in [5.74, 6) is -1.13. The number of methoxy groups -OCH3 is 2. The van der Waals surface area contributed by atoms with Crippen LogP contribution >= 0.6 is 34.5 Å². The molecule has 8 heteroatoms. The molecular weight excluding hydrogens is 448 g/mol. The maximum absolute atomic E-state index is 15.0. The first-order valence-electron chi connectivity index (χ1n) is 8.63. The van der Waals surface area contributed by atoms with Crippen molar-refractivity contribution in [2.45, 2.75) is 0 Å². The van der Waals surface area contributed by atoms with Crippen LogP contribution < -0.4 is 0 Å². The fourth-order valence-electron chi connectivity index (χ4n) is 2.69. The van der Waals surface area contributed by atoms with Crippen molar-refractivity contribution in [3.8, 4) is 11.3 Å². The summed E-state index contributed by atoms with van der Waals surface area (Å²) < 4.78 is 24.8. The minimum atomic E-state index is -0.589. The zero-order valence-electron chi connectivity index (χ0n) is 16.0. The quantitative estimate of drug-likeness (QED) is 0.230. The van der Waals surface area contributed by atoms with Gasteiger partial charge in [-0.15, -0.1) is 11.3 Å². The summed E-state index contributed by atoms with van der Waals surface area (Å²) in [6.45, 7) is 0. The van der Waals surface area contributed by atoms with E-state index in [1.165, 1.54) is 26.6 Å². The lowest BCUT2D eigenvalue weighted by Crippen LogP contribution is -2.05. The average molecular weight is 464 g/mol. The molecule has 0 bridgehead atoms. The third-order valence-electron chi connectivity index (χ3n) is 4.10. The van der Waals surface area contributed by atoms with E-state index in [0.29, 0.717) is 26.9 Å². The number of carbonyl (C=O) groups excluding carboxylic acids is 1. The molecule has 3 rings (SSSR count). The van der Waals surface area contributed by atoms with Gasteiger partial charge in [0.2, 0.25) is 0 Å². The standard InChI is InChI=1S/C22H16Cl2FNO3S/c1-28-11-16(22(27)29-2)15-6-4-3-5-13(15)10-19(25)21-26-20(12-30-21)14-7-8-17(23)18(24)9-14/h3-12H,1-2H3/b16-11-,19-10+. The maximum Gasteiger partial charge on any atom is 0.341 e. The van der Waals surface area contributed by atoms with Crippen molar-refractivity contribution < 1.29 is 18.7 Å². The molecule has 0 radical (unpaired) electrons. The molecule has 0 aliphatic rings. The molecule has 30 heavy (non-hydrogen) atoms. The highest BCUT2D eigenvalue weighted by molar-refractivity contribution is 7.11. The van der Waals surface area contributed by atoms with E-state index in [-0.39, 0.29) is 10.6 Å². The number of carbonyl (C=O) groups is 1. The van der Waals surface area contributed by atoms with Crippen molar-refractivity contribution in [3.05, 3.63) is 80.3 Å². The van der Waals surface area contributed by atoms with Gasteiger partial charge in [-0.3, -0.25) is 0 Å². The van der Waals surface area contributed by atoms with Gasteiger partial charge >= 0.3 is 5.97 Å². The lowest BCUT2D eigenvalue weighted by Gasteiger charge is -2.09. The molecule has 1 aromatic heterocycles. The fourth-order valence-corrected chi connectivity index (χ4v) is 3.72. The first-order chi connectivity index (χ1) is 14.4. The first-order valence-corrected chi connectivity index (χ1v) is 10.3. The molecule has 0 spiro atoms. The largest absolute Gasteiger partial charge is 0.503 e. The summed E-state index contributed by atoms with van der Waals surface area (Å²) in [5.41, 5.74) is 2.45. The topological polar surface area (TPSA) is 48.4 Å². The minimum Gasteiger partial charge on any atom is -0.503 e. The SMILES string of the molecule is CO/C=C(\C(=O)OC)c1ccccc1/C=C(/F)c1nc(-c2ccc(Cl)c(Cl)c2)cs1. The number of rotatable bonds is 6. The molecule has 0 saturated carbocycles. The number of hydrogen-bond donors (Lipinski definition) is 0. The van der Waals surface area contributed by atoms with Crippen molar-refractivity contribution >= 4 is 58.0 Å². The van der Waals surface area contributed by atoms with Crippen LogP contribution in [-0.4, -0.2) is 25.2 Å². The molecule has 2 aromatic carbocycles. The van der Waals surface area contributed by atoms with E-state index in [1.54, 1.807) is 47.8 Å². The van der Waals surface area contributed by atoms with Crippen molar-refractivity contribution in [1.29, 1.82) is 0 Å². The van der Waals surface area contributed by atoms with E-state index in [4.69, 9.17) is 32.7 Å². The summed E-state index contributed by atoms with van der Waals surface area (Å²) in [6.07, 6.45) is 2.58. The third kappa shape index (κ3) is 4.90. The lowest BCUT2D eigenvalue weighted by atomic mass is 10.00. The Morgan fingerprint density at radius 2 is 1.90 bits per heavy atom. The summed E-state index contributed by atoms with van der Waals surface area (Å²) in [6, 6.07) is 12.0. The van der Waals surface area contributed by atoms with Crippen molar-refractivity contribution in [1.82, 2.24) is 4.98 Å². The van der Waals surface area contributed by atoms with E-state index in [9.17, 15) is 4.79 Å². The van der Waals surface area contributed by atoms with Gasteiger partial charge in [0.25, 0.3) is 0 Å². The number of halogens is 3. The van der Waals surface area contributed by atoms with Crippen molar-refractivity contribution in [3.63, 3.8) is 0 Å². The molecule has 1 heterocycles. The number of aromatic nitrogens is 1. The van der Waals surface area contributed by atoms with Gasteiger partial charge in [0, 0.05) is 10.9 Å². The monoisotopic (exact) mass is 463 g/mol. The second-order valence-electron chi connectivity index (χ2n) is 6.01. The van der Waals surface area contributed by atoms with Gasteiger partial charge in [0.05, 0.1) is 36.2 Å². The highest BCUT2D eigenvalue weighted by Gasteiger charge is 2.17. The Morgan fingerprint density at radius 1 is 1.13 bits per heavy atom. The first kappa shape index (κ1) is 22.0. The molecule has 0 N–H and O–H groups in total. The number of esters is 1. The van der Waals surface area contributed by atoms with Gasteiger partial charge in [-0.2, -0.15) is 0 Å². The molecule has 0 fully saturated rings. The summed E-state index contributed by atoms with van der Waals surface area (Å²) in [4.78, 5) is 16.5. The Hall–Kier alpha value is -2.67. The Balaban J connectivity index is 1.97. The van der Waals surface area contributed by atoms with Gasteiger partial charge in [-0.05, 0) is 29.3 Å². The summed E-state index contributed by atoms with van der Waals surface area (Å²) in [5, 5.41) is 2.76. The van der Waals surface area contributed by atoms with Gasteiger partial charge < -0.3 is 9.47 Å². The summed E-state index contributed by atoms with van der Waals surface area (Å²) >= 11 is 13.2. The number of benzene rings is 2. The predicted molar refractivity (Wildman–Crippen MR) is 120 cm³/mol. The van der Waals surface area contributed by atoms with Crippen LogP contribution in [0.4, 0.5) is 4.39 Å². The van der Waals surface area contributed by atoms with E-state index >= 15 is 4.39 Å². The van der Waals surface area contributed by atoms with E-state index in [2.05, 4.69) is 4.98 Å². The molecule has 0 saturated heterocycles. The maximum atomic E-state index is 15.0. The second kappa shape index (κ2) is 9.89. The van der Waals surface area contributed by atoms with Crippen LogP contribution in [0.3, 0.4) is 0 Å². The smallest absolute Gasteiger partial charge is 0.341 e. The van der Waals surface area contributed by atoms with Gasteiger partial charge in [-0.25, -0.2) is 14.2 Å². The summed E-state index contributed by atoms with van der Waals surface area (Å²) in [7, 11) is 2.69. The number of nitrogens with zero attached hydrogens (tertiary/aromatic N) is 1. The molecule has 154 valence electrons. The van der Waals surface area contributed by atoms with Gasteiger partial charge in [0.1, 0.15) is 5.57 Å². The highest BCUT2D eigenvalue weighted by Crippen LogP contribution is 2.32. The Bertz CT molecular complexity index is 1140. The van der Waals surface area contributed by atoms with Crippen molar-refractivity contribution in [2.75, 3.05) is 14.2 Å².